The number of hydrogen-bond acceptors (Lipinski definition) is 7. The van der Waals surface area contributed by atoms with E-state index in [9.17, 15) is 3.89 Å². The maximum absolute atomic E-state index is 13.7. The maximum atomic E-state index is 13.7. The van der Waals surface area contributed by atoms with Crippen LogP contribution in [0.15, 0.2) is 63.2 Å². The zero-order valence-electron chi connectivity index (χ0n) is 14.7. The molecule has 0 saturated carbocycles. The van der Waals surface area contributed by atoms with Crippen LogP contribution in [0.25, 0.3) is 11.3 Å². The highest BCUT2D eigenvalue weighted by atomic mass is 79.9. The van der Waals surface area contributed by atoms with Crippen molar-refractivity contribution in [3.05, 3.63) is 53.1 Å². The largest absolute Gasteiger partial charge is 0.493 e. The van der Waals surface area contributed by atoms with Crippen molar-refractivity contribution >= 4 is 46.2 Å². The van der Waals surface area contributed by atoms with Crippen molar-refractivity contribution in [2.24, 2.45) is 0 Å². The van der Waals surface area contributed by atoms with Gasteiger partial charge in [-0.3, -0.25) is 0 Å². The van der Waals surface area contributed by atoms with Crippen LogP contribution in [0.5, 0.6) is 11.5 Å². The number of hydrogen-bond donors (Lipinski definition) is 0. The van der Waals surface area contributed by atoms with Crippen molar-refractivity contribution < 1.29 is 22.9 Å². The van der Waals surface area contributed by atoms with E-state index < -0.39 is 0 Å². The average Bonchev–Trinajstić information content (AvgIpc) is 3.03. The average molecular weight is 485 g/mol. The van der Waals surface area contributed by atoms with Gasteiger partial charge >= 0.3 is 6.15 Å². The van der Waals surface area contributed by atoms with Gasteiger partial charge < -0.3 is 9.47 Å². The first-order valence-corrected chi connectivity index (χ1v) is 9.89. The molecule has 0 aliphatic carbocycles. The minimum atomic E-state index is 0.112. The second-order valence-electron chi connectivity index (χ2n) is 4.97. The van der Waals surface area contributed by atoms with E-state index >= 15 is 0 Å². The molecule has 146 valence electrons. The molecule has 10 heteroatoms. The molecule has 3 rings (SSSR count). The standard InChI is InChI=1S/C17H14BrFN2O2S2.CO2/c1-22-13-9-8-11(10-14(13)23-2)15-16(18)20-17(21(15)25-19)24-12-6-4-3-5-7-12;2-1-3/h3-10H,1-2H3;. The Morgan fingerprint density at radius 3 is 2.29 bits per heavy atom. The topological polar surface area (TPSA) is 70.4 Å². The molecule has 0 spiro atoms. The highest BCUT2D eigenvalue weighted by Crippen LogP contribution is 2.41. The quantitative estimate of drug-likeness (QED) is 0.471. The summed E-state index contributed by atoms with van der Waals surface area (Å²) in [5, 5.41) is 0.537. The molecule has 0 amide bonds. The van der Waals surface area contributed by atoms with E-state index in [2.05, 4.69) is 20.9 Å². The lowest BCUT2D eigenvalue weighted by atomic mass is 10.1. The maximum Gasteiger partial charge on any atom is 0.373 e. The van der Waals surface area contributed by atoms with Gasteiger partial charge in [-0.15, -0.1) is 3.89 Å². The number of aromatic nitrogens is 2. The predicted octanol–water partition coefficient (Wildman–Crippen LogP) is 5.28. The first kappa shape index (κ1) is 22.0. The molecule has 0 saturated heterocycles. The number of benzene rings is 2. The zero-order valence-corrected chi connectivity index (χ0v) is 17.9. The Balaban J connectivity index is 0.000000878. The molecule has 0 aliphatic heterocycles. The molecule has 0 atom stereocenters. The molecule has 0 N–H and O–H groups in total. The van der Waals surface area contributed by atoms with E-state index in [-0.39, 0.29) is 18.5 Å². The smallest absolute Gasteiger partial charge is 0.373 e. The van der Waals surface area contributed by atoms with Gasteiger partial charge in [0, 0.05) is 10.5 Å². The van der Waals surface area contributed by atoms with E-state index in [4.69, 9.17) is 19.1 Å². The molecule has 0 bridgehead atoms. The first-order chi connectivity index (χ1) is 13.6. The van der Waals surface area contributed by atoms with Crippen LogP contribution in [-0.2, 0) is 9.59 Å². The zero-order chi connectivity index (χ0) is 20.5. The summed E-state index contributed by atoms with van der Waals surface area (Å²) in [6.45, 7) is 0. The highest BCUT2D eigenvalue weighted by molar-refractivity contribution is 9.10. The predicted molar refractivity (Wildman–Crippen MR) is 108 cm³/mol. The Morgan fingerprint density at radius 2 is 1.71 bits per heavy atom. The fourth-order valence-electron chi connectivity index (χ4n) is 2.30. The van der Waals surface area contributed by atoms with Gasteiger partial charge in [0.05, 0.1) is 19.9 Å². The van der Waals surface area contributed by atoms with E-state index in [1.54, 1.807) is 26.4 Å². The van der Waals surface area contributed by atoms with Crippen LogP contribution in [-0.4, -0.2) is 29.3 Å². The minimum Gasteiger partial charge on any atom is -0.493 e. The summed E-state index contributed by atoms with van der Waals surface area (Å²) in [5.74, 6) is 1.18. The molecule has 3 aromatic rings. The van der Waals surface area contributed by atoms with Gasteiger partial charge in [0.1, 0.15) is 4.60 Å². The Hall–Kier alpha value is -2.26. The fraction of sp³-hybridized carbons (Fsp3) is 0.111. The molecular weight excluding hydrogens is 471 g/mol. The summed E-state index contributed by atoms with van der Waals surface area (Å²) < 4.78 is 26.3. The Kier molecular flexibility index (Phi) is 8.59. The van der Waals surface area contributed by atoms with Gasteiger partial charge in [0.2, 0.25) is 0 Å². The van der Waals surface area contributed by atoms with E-state index in [0.717, 1.165) is 10.5 Å². The third-order valence-corrected chi connectivity index (χ3v) is 5.57. The van der Waals surface area contributed by atoms with Crippen LogP contribution >= 0.6 is 40.0 Å². The number of nitrogens with zero attached hydrogens (tertiary/aromatic N) is 2. The molecule has 28 heavy (non-hydrogen) atoms. The number of methoxy groups -OCH3 is 2. The van der Waals surface area contributed by atoms with Crippen LogP contribution in [0.4, 0.5) is 3.89 Å². The van der Waals surface area contributed by atoms with Gasteiger partial charge in [-0.05, 0) is 46.3 Å². The summed E-state index contributed by atoms with van der Waals surface area (Å²) in [5.41, 5.74) is 1.38. The lowest BCUT2D eigenvalue weighted by Gasteiger charge is -2.10. The number of imidazole rings is 1. The number of halogens is 2. The van der Waals surface area contributed by atoms with Gasteiger partial charge in [-0.25, -0.2) is 8.96 Å². The second kappa shape index (κ2) is 10.9. The van der Waals surface area contributed by atoms with E-state index in [1.165, 1.54) is 15.7 Å². The Morgan fingerprint density at radius 1 is 1.07 bits per heavy atom. The SMILES string of the molecule is COc1ccc(-c2c(Br)nc(Sc3ccccc3)n2SF)cc1OC.O=C=O. The van der Waals surface area contributed by atoms with Gasteiger partial charge in [-0.2, -0.15) is 9.59 Å². The number of rotatable bonds is 6. The van der Waals surface area contributed by atoms with Crippen LogP contribution in [0.1, 0.15) is 0 Å². The van der Waals surface area contributed by atoms with Crippen molar-refractivity contribution in [3.8, 4) is 22.8 Å². The van der Waals surface area contributed by atoms with Crippen molar-refractivity contribution in [1.82, 2.24) is 8.96 Å². The van der Waals surface area contributed by atoms with Gasteiger partial charge in [0.25, 0.3) is 0 Å². The minimum absolute atomic E-state index is 0.112. The molecule has 2 aromatic carbocycles. The summed E-state index contributed by atoms with van der Waals surface area (Å²) in [7, 11) is 3.14. The highest BCUT2D eigenvalue weighted by Gasteiger charge is 2.20. The van der Waals surface area contributed by atoms with Crippen LogP contribution in [0.2, 0.25) is 0 Å². The van der Waals surface area contributed by atoms with Gasteiger partial charge in [-0.1, -0.05) is 30.0 Å². The Labute approximate surface area is 178 Å². The van der Waals surface area contributed by atoms with Crippen LogP contribution in [0, 0.1) is 0 Å². The van der Waals surface area contributed by atoms with Crippen LogP contribution < -0.4 is 9.47 Å². The molecule has 0 radical (unpaired) electrons. The summed E-state index contributed by atoms with van der Waals surface area (Å²) in [4.78, 5) is 21.7. The summed E-state index contributed by atoms with van der Waals surface area (Å²) >= 11 is 4.95. The van der Waals surface area contributed by atoms with Crippen molar-refractivity contribution in [1.29, 1.82) is 0 Å². The third kappa shape index (κ3) is 5.17. The molecule has 1 aromatic heterocycles. The van der Waals surface area contributed by atoms with Crippen molar-refractivity contribution in [2.45, 2.75) is 10.1 Å². The normalized spacial score (nSPS) is 9.86. The van der Waals surface area contributed by atoms with Crippen LogP contribution in [0.3, 0.4) is 0 Å². The molecule has 0 unspecified atom stereocenters. The van der Waals surface area contributed by atoms with Gasteiger partial charge in [0.15, 0.2) is 29.0 Å². The molecule has 0 fully saturated rings. The number of carbonyl (C=O) groups excluding carboxylic acids is 2. The van der Waals surface area contributed by atoms with Crippen molar-refractivity contribution in [3.63, 3.8) is 0 Å². The lowest BCUT2D eigenvalue weighted by Crippen LogP contribution is -1.94. The summed E-state index contributed by atoms with van der Waals surface area (Å²) in [6, 6.07) is 15.1. The summed E-state index contributed by atoms with van der Waals surface area (Å²) in [6.07, 6.45) is 0.250. The fourth-order valence-corrected chi connectivity index (χ4v) is 4.49. The first-order valence-electron chi connectivity index (χ1n) is 7.61. The molecular formula is C18H14BrFN2O4S2. The third-order valence-electron chi connectivity index (χ3n) is 3.44. The second-order valence-corrected chi connectivity index (χ2v) is 7.26. The van der Waals surface area contributed by atoms with E-state index in [1.807, 2.05) is 36.4 Å². The molecule has 0 aliphatic rings. The van der Waals surface area contributed by atoms with E-state index in [0.29, 0.717) is 27.0 Å². The number of ether oxygens (including phenoxy) is 2. The molecule has 6 nitrogen and oxygen atoms in total. The lowest BCUT2D eigenvalue weighted by molar-refractivity contribution is -0.191. The monoisotopic (exact) mass is 484 g/mol. The molecule has 1 heterocycles. The Bertz CT molecular complexity index is 964. The van der Waals surface area contributed by atoms with Crippen molar-refractivity contribution in [2.75, 3.05) is 14.2 Å².